The molecule has 3 N–H and O–H groups in total. The van der Waals surface area contributed by atoms with Crippen molar-refractivity contribution >= 4 is 21.0 Å². The predicted molar refractivity (Wildman–Crippen MR) is 134 cm³/mol. The molecule has 0 aliphatic carbocycles. The molecule has 0 saturated carbocycles. The maximum absolute atomic E-state index is 10.2. The lowest BCUT2D eigenvalue weighted by atomic mass is 10.1. The molecule has 3 aromatic rings. The maximum atomic E-state index is 10.2. The van der Waals surface area contributed by atoms with Crippen LogP contribution in [0.2, 0.25) is 0 Å². The average molecular weight is 505 g/mol. The summed E-state index contributed by atoms with van der Waals surface area (Å²) in [7, 11) is -4.34. The van der Waals surface area contributed by atoms with E-state index in [4.69, 9.17) is 0 Å². The van der Waals surface area contributed by atoms with Gasteiger partial charge in [-0.2, -0.15) is 0 Å². The molecule has 8 heteroatoms. The number of hydrogen-bond donors (Lipinski definition) is 3. The summed E-state index contributed by atoms with van der Waals surface area (Å²) in [5, 5.41) is 28.5. The molecule has 0 saturated heterocycles. The summed E-state index contributed by atoms with van der Waals surface area (Å²) in [6.07, 6.45) is 5.96. The third-order valence-electron chi connectivity index (χ3n) is 4.97. The van der Waals surface area contributed by atoms with Crippen LogP contribution in [-0.2, 0) is 21.0 Å². The third kappa shape index (κ3) is 10.1. The topological polar surface area (TPSA) is 118 Å². The van der Waals surface area contributed by atoms with Crippen molar-refractivity contribution in [3.8, 4) is 17.2 Å². The summed E-state index contributed by atoms with van der Waals surface area (Å²) in [6.45, 7) is 2.13. The van der Waals surface area contributed by atoms with Crippen molar-refractivity contribution in [1.29, 1.82) is 0 Å². The standard InChI is InChI=1S/C18H14O3S.C8H18O3S/c19-13-1-7-16(8-2-13)22(17-9-3-14(20)4-10-17)18-11-5-15(21)6-12-18;1-2-3-4-5-6-7-8-12(9,10)11/h1-12H,(H2-,19,20,21);2-8H2,1H3,(H,9,10,11). The Morgan fingerprint density at radius 1 is 0.618 bits per heavy atom. The van der Waals surface area contributed by atoms with Crippen molar-refractivity contribution in [2.45, 2.75) is 60.1 Å². The molecule has 6 nitrogen and oxygen atoms in total. The van der Waals surface area contributed by atoms with E-state index in [1.807, 2.05) is 36.4 Å². The van der Waals surface area contributed by atoms with E-state index in [-0.39, 0.29) is 33.9 Å². The summed E-state index contributed by atoms with van der Waals surface area (Å²) in [6, 6.07) is 21.3. The zero-order valence-electron chi connectivity index (χ0n) is 19.3. The van der Waals surface area contributed by atoms with E-state index in [0.29, 0.717) is 6.42 Å². The van der Waals surface area contributed by atoms with Crippen molar-refractivity contribution in [1.82, 2.24) is 0 Å². The third-order valence-corrected chi connectivity index (χ3v) is 7.98. The number of rotatable bonds is 10. The van der Waals surface area contributed by atoms with Gasteiger partial charge < -0.3 is 19.9 Å². The lowest BCUT2D eigenvalue weighted by molar-refractivity contribution is 0.459. The highest BCUT2D eigenvalue weighted by Crippen LogP contribution is 2.33. The second-order valence-corrected chi connectivity index (χ2v) is 11.4. The largest absolute Gasteiger partial charge is 0.748 e. The molecule has 0 atom stereocenters. The van der Waals surface area contributed by atoms with Crippen LogP contribution in [0, 0.1) is 0 Å². The fraction of sp³-hybridized carbons (Fsp3) is 0.308. The second kappa shape index (κ2) is 13.9. The Hall–Kier alpha value is -2.68. The number of hydrogen-bond acceptors (Lipinski definition) is 6. The van der Waals surface area contributed by atoms with Gasteiger partial charge in [0.05, 0.1) is 21.0 Å². The van der Waals surface area contributed by atoms with Crippen molar-refractivity contribution in [3.05, 3.63) is 72.8 Å². The molecule has 0 aliphatic rings. The molecule has 3 rings (SSSR count). The maximum Gasteiger partial charge on any atom is 0.166 e. The van der Waals surface area contributed by atoms with Gasteiger partial charge in [0.15, 0.2) is 14.7 Å². The van der Waals surface area contributed by atoms with Gasteiger partial charge in [0.25, 0.3) is 0 Å². The molecule has 184 valence electrons. The van der Waals surface area contributed by atoms with Crippen LogP contribution >= 0.6 is 0 Å². The highest BCUT2D eigenvalue weighted by Gasteiger charge is 2.28. The van der Waals surface area contributed by atoms with Crippen LogP contribution in [0.4, 0.5) is 0 Å². The van der Waals surface area contributed by atoms with Gasteiger partial charge in [-0.25, -0.2) is 8.42 Å². The van der Waals surface area contributed by atoms with Crippen molar-refractivity contribution in [2.24, 2.45) is 0 Å². The van der Waals surface area contributed by atoms with Crippen molar-refractivity contribution < 1.29 is 28.3 Å². The first kappa shape index (κ1) is 27.6. The molecule has 0 unspecified atom stereocenters. The Morgan fingerprint density at radius 2 is 0.941 bits per heavy atom. The minimum absolute atomic E-state index is 0.195. The second-order valence-electron chi connectivity index (χ2n) is 7.82. The van der Waals surface area contributed by atoms with Crippen LogP contribution in [0.15, 0.2) is 87.5 Å². The van der Waals surface area contributed by atoms with Gasteiger partial charge in [0.1, 0.15) is 17.2 Å². The van der Waals surface area contributed by atoms with Gasteiger partial charge in [-0.05, 0) is 79.2 Å². The van der Waals surface area contributed by atoms with E-state index in [1.165, 1.54) is 12.8 Å². The van der Waals surface area contributed by atoms with E-state index in [9.17, 15) is 28.3 Å². The molecular weight excluding hydrogens is 472 g/mol. The zero-order valence-corrected chi connectivity index (χ0v) is 20.9. The van der Waals surface area contributed by atoms with Gasteiger partial charge in [-0.15, -0.1) is 0 Å². The Balaban J connectivity index is 0.000000292. The minimum atomic E-state index is -3.97. The average Bonchev–Trinajstić information content (AvgIpc) is 2.80. The van der Waals surface area contributed by atoms with E-state index in [2.05, 4.69) is 6.92 Å². The molecule has 34 heavy (non-hydrogen) atoms. The van der Waals surface area contributed by atoms with Crippen molar-refractivity contribution in [3.63, 3.8) is 0 Å². The van der Waals surface area contributed by atoms with E-state index in [1.54, 1.807) is 36.4 Å². The van der Waals surface area contributed by atoms with Crippen LogP contribution in [-0.4, -0.2) is 34.0 Å². The lowest BCUT2D eigenvalue weighted by Gasteiger charge is -2.08. The van der Waals surface area contributed by atoms with Crippen LogP contribution in [0.5, 0.6) is 17.2 Å². The smallest absolute Gasteiger partial charge is 0.166 e. The molecule has 0 amide bonds. The normalized spacial score (nSPS) is 11.1. The fourth-order valence-electron chi connectivity index (χ4n) is 3.21. The first-order valence-corrected chi connectivity index (χ1v) is 14.0. The lowest BCUT2D eigenvalue weighted by Crippen LogP contribution is -2.04. The highest BCUT2D eigenvalue weighted by molar-refractivity contribution is 7.97. The zero-order chi connectivity index (χ0) is 25.0. The highest BCUT2D eigenvalue weighted by atomic mass is 32.2. The molecule has 3 aromatic carbocycles. The van der Waals surface area contributed by atoms with E-state index >= 15 is 0 Å². The molecule has 0 heterocycles. The van der Waals surface area contributed by atoms with Gasteiger partial charge in [0, 0.05) is 5.75 Å². The van der Waals surface area contributed by atoms with E-state index in [0.717, 1.165) is 33.9 Å². The first-order valence-electron chi connectivity index (χ1n) is 11.2. The monoisotopic (exact) mass is 504 g/mol. The summed E-state index contributed by atoms with van der Waals surface area (Å²) in [4.78, 5) is 3.15. The predicted octanol–water partition coefficient (Wildman–Crippen LogP) is 5.79. The molecular formula is C26H32O6S2. The van der Waals surface area contributed by atoms with Crippen LogP contribution < -0.4 is 0 Å². The Bertz CT molecular complexity index is 971. The van der Waals surface area contributed by atoms with Gasteiger partial charge >= 0.3 is 0 Å². The summed E-state index contributed by atoms with van der Waals surface area (Å²) >= 11 is 0. The Labute approximate surface area is 205 Å². The number of unbranched alkanes of at least 4 members (excludes halogenated alkanes) is 5. The summed E-state index contributed by atoms with van der Waals surface area (Å²) in [5.41, 5.74) is 0. The SMILES string of the molecule is CCCCCCCCS(=O)(=O)[O-].Oc1ccc([S+](c2ccc(O)cc2)c2ccc(O)cc2)cc1. The van der Waals surface area contributed by atoms with Crippen LogP contribution in [0.3, 0.4) is 0 Å². The van der Waals surface area contributed by atoms with Gasteiger partial charge in [0.2, 0.25) is 0 Å². The molecule has 0 aromatic heterocycles. The Morgan fingerprint density at radius 3 is 1.26 bits per heavy atom. The molecule has 0 fully saturated rings. The van der Waals surface area contributed by atoms with Crippen LogP contribution in [0.25, 0.3) is 0 Å². The molecule has 0 bridgehead atoms. The molecule has 0 spiro atoms. The molecule has 0 aliphatic heterocycles. The number of benzene rings is 3. The van der Waals surface area contributed by atoms with E-state index < -0.39 is 10.1 Å². The Kier molecular flexibility index (Phi) is 11.3. The summed E-state index contributed by atoms with van der Waals surface area (Å²) < 4.78 is 30.5. The summed E-state index contributed by atoms with van der Waals surface area (Å²) in [5.74, 6) is 0.482. The van der Waals surface area contributed by atoms with Gasteiger partial charge in [-0.1, -0.05) is 39.0 Å². The quantitative estimate of drug-likeness (QED) is 0.183. The minimum Gasteiger partial charge on any atom is -0.748 e. The number of phenolic OH excluding ortho intramolecular Hbond substituents is 3. The van der Waals surface area contributed by atoms with Crippen molar-refractivity contribution in [2.75, 3.05) is 5.75 Å². The fourth-order valence-corrected chi connectivity index (χ4v) is 5.81. The number of aromatic hydroxyl groups is 3. The van der Waals surface area contributed by atoms with Crippen LogP contribution in [0.1, 0.15) is 45.4 Å². The number of phenols is 3. The van der Waals surface area contributed by atoms with Gasteiger partial charge in [-0.3, -0.25) is 0 Å². The molecule has 0 radical (unpaired) electrons. The first-order chi connectivity index (χ1) is 16.2.